The Labute approximate surface area is 201 Å². The number of nitrogens with zero attached hydrogens (tertiary/aromatic N) is 6. The van der Waals surface area contributed by atoms with Gasteiger partial charge >= 0.3 is 5.82 Å². The van der Waals surface area contributed by atoms with Crippen molar-refractivity contribution in [3.63, 3.8) is 0 Å². The van der Waals surface area contributed by atoms with Crippen molar-refractivity contribution in [2.45, 2.75) is 24.8 Å². The molecule has 8 nitrogen and oxygen atoms in total. The average Bonchev–Trinajstić information content (AvgIpc) is 3.56. The van der Waals surface area contributed by atoms with E-state index in [1.165, 1.54) is 12.0 Å². The van der Waals surface area contributed by atoms with E-state index in [0.717, 1.165) is 46.2 Å². The van der Waals surface area contributed by atoms with E-state index in [0.29, 0.717) is 11.5 Å². The van der Waals surface area contributed by atoms with Crippen LogP contribution in [0, 0.1) is 0 Å². The molecule has 0 saturated heterocycles. The summed E-state index contributed by atoms with van der Waals surface area (Å²) < 4.78 is 4.00. The van der Waals surface area contributed by atoms with Gasteiger partial charge in [0.05, 0.1) is 28.4 Å². The highest BCUT2D eigenvalue weighted by Gasteiger charge is 2.34. The van der Waals surface area contributed by atoms with Crippen LogP contribution in [0.2, 0.25) is 0 Å². The van der Waals surface area contributed by atoms with Crippen molar-refractivity contribution in [2.75, 3.05) is 0 Å². The van der Waals surface area contributed by atoms with Crippen molar-refractivity contribution in [2.24, 2.45) is 5.73 Å². The van der Waals surface area contributed by atoms with E-state index >= 15 is 0 Å². The number of rotatable bonds is 4. The van der Waals surface area contributed by atoms with Crippen molar-refractivity contribution in [3.8, 4) is 28.3 Å². The van der Waals surface area contributed by atoms with Gasteiger partial charge in [0.25, 0.3) is 5.65 Å². The fourth-order valence-electron chi connectivity index (χ4n) is 4.94. The summed E-state index contributed by atoms with van der Waals surface area (Å²) in [7, 11) is 0. The van der Waals surface area contributed by atoms with Crippen LogP contribution in [0.3, 0.4) is 0 Å². The Morgan fingerprint density at radius 1 is 0.943 bits per heavy atom. The van der Waals surface area contributed by atoms with Crippen LogP contribution in [0.1, 0.15) is 24.8 Å². The van der Waals surface area contributed by atoms with Crippen LogP contribution in [0.4, 0.5) is 0 Å². The minimum absolute atomic E-state index is 0.202. The Kier molecular flexibility index (Phi) is 4.31. The zero-order chi connectivity index (χ0) is 23.4. The molecule has 4 aromatic heterocycles. The van der Waals surface area contributed by atoms with Crippen LogP contribution in [0.5, 0.6) is 0 Å². The minimum Gasteiger partial charge on any atom is -0.321 e. The van der Waals surface area contributed by atoms with Crippen molar-refractivity contribution in [3.05, 3.63) is 90.9 Å². The predicted molar refractivity (Wildman–Crippen MR) is 133 cm³/mol. The van der Waals surface area contributed by atoms with Crippen LogP contribution >= 0.6 is 0 Å². The first-order valence-electron chi connectivity index (χ1n) is 11.7. The molecule has 3 N–H and O–H groups in total. The number of nitrogens with two attached hydrogens (primary N) is 1. The number of H-pyrrole nitrogens is 1. The smallest absolute Gasteiger partial charge is 0.321 e. The molecule has 0 spiro atoms. The van der Waals surface area contributed by atoms with E-state index in [1.807, 2.05) is 45.7 Å². The number of nitrogens with one attached hydrogen (secondary N) is 1. The lowest BCUT2D eigenvalue weighted by atomic mass is 9.73. The summed E-state index contributed by atoms with van der Waals surface area (Å²) in [6.45, 7) is 0. The standard InChI is InChI=1S/C27H23N8/c28-27(12-4-13-27)20-7-9-21(10-8-20)35-26-22-15-19(18-5-2-1-3-6-18)16-29-23(22)11-14-34(26)25(32-35)24-17-30-33-31-24/h1-3,5-11,14-17H,4,12-13,28H2,(H,30,31,33)/q+1. The molecule has 4 heterocycles. The molecular formula is C27H23N8+. The molecule has 1 fully saturated rings. The topological polar surface area (TPSA) is 102 Å². The second kappa shape index (κ2) is 7.54. The van der Waals surface area contributed by atoms with Gasteiger partial charge in [-0.15, -0.1) is 5.10 Å². The van der Waals surface area contributed by atoms with Crippen LogP contribution < -0.4 is 10.1 Å². The second-order valence-corrected chi connectivity index (χ2v) is 9.18. The first kappa shape index (κ1) is 20.0. The first-order chi connectivity index (χ1) is 17.2. The number of hydrogen-bond donors (Lipinski definition) is 2. The zero-order valence-electron chi connectivity index (χ0n) is 19.0. The lowest BCUT2D eigenvalue weighted by molar-refractivity contribution is -0.498. The molecule has 0 atom stereocenters. The molecule has 0 unspecified atom stereocenters. The molecule has 1 aliphatic rings. The minimum atomic E-state index is -0.202. The second-order valence-electron chi connectivity index (χ2n) is 9.18. The zero-order valence-corrected chi connectivity index (χ0v) is 19.0. The van der Waals surface area contributed by atoms with Gasteiger partial charge in [0.1, 0.15) is 5.69 Å². The molecule has 6 aromatic rings. The normalized spacial score (nSPS) is 14.9. The Bertz CT molecular complexity index is 1660. The van der Waals surface area contributed by atoms with Crippen molar-refractivity contribution < 1.29 is 4.40 Å². The molecule has 0 bridgehead atoms. The van der Waals surface area contributed by atoms with Crippen LogP contribution in [-0.4, -0.2) is 30.2 Å². The highest BCUT2D eigenvalue weighted by Crippen LogP contribution is 2.39. The molecule has 8 heteroatoms. The lowest BCUT2D eigenvalue weighted by Gasteiger charge is -2.38. The van der Waals surface area contributed by atoms with E-state index in [-0.39, 0.29) is 5.54 Å². The molecule has 0 amide bonds. The maximum atomic E-state index is 6.56. The Hall–Kier alpha value is -4.43. The fraction of sp³-hybridized carbons (Fsp3) is 0.148. The number of pyridine rings is 2. The number of fused-ring (bicyclic) bond motifs is 3. The molecule has 0 radical (unpaired) electrons. The molecular weight excluding hydrogens is 436 g/mol. The van der Waals surface area contributed by atoms with Crippen molar-refractivity contribution in [1.82, 2.24) is 30.2 Å². The Morgan fingerprint density at radius 2 is 1.77 bits per heavy atom. The van der Waals surface area contributed by atoms with Gasteiger partial charge in [0, 0.05) is 17.3 Å². The van der Waals surface area contributed by atoms with Gasteiger partial charge in [-0.3, -0.25) is 4.98 Å². The third-order valence-electron chi connectivity index (χ3n) is 7.08. The Morgan fingerprint density at radius 3 is 2.49 bits per heavy atom. The van der Waals surface area contributed by atoms with E-state index < -0.39 is 0 Å². The molecule has 0 aliphatic heterocycles. The lowest BCUT2D eigenvalue weighted by Crippen LogP contribution is -2.43. The third kappa shape index (κ3) is 3.14. The molecule has 35 heavy (non-hydrogen) atoms. The summed E-state index contributed by atoms with van der Waals surface area (Å²) >= 11 is 0. The Balaban J connectivity index is 1.48. The van der Waals surface area contributed by atoms with Gasteiger partial charge in [-0.05, 0) is 54.7 Å². The first-order valence-corrected chi connectivity index (χ1v) is 11.7. The maximum absolute atomic E-state index is 6.56. The van der Waals surface area contributed by atoms with E-state index in [9.17, 15) is 0 Å². The van der Waals surface area contributed by atoms with Crippen LogP contribution in [0.25, 0.3) is 44.9 Å². The van der Waals surface area contributed by atoms with Gasteiger partial charge in [-0.25, -0.2) is 0 Å². The summed E-state index contributed by atoms with van der Waals surface area (Å²) in [6, 6.07) is 22.9. The predicted octanol–water partition coefficient (Wildman–Crippen LogP) is 3.95. The number of benzene rings is 2. The molecule has 7 rings (SSSR count). The van der Waals surface area contributed by atoms with Gasteiger partial charge < -0.3 is 5.73 Å². The van der Waals surface area contributed by atoms with Crippen LogP contribution in [0.15, 0.2) is 85.3 Å². The number of aromatic amines is 1. The maximum Gasteiger partial charge on any atom is 0.336 e. The van der Waals surface area contributed by atoms with Gasteiger partial charge in [0.2, 0.25) is 0 Å². The number of aromatic nitrogens is 7. The molecule has 2 aromatic carbocycles. The largest absolute Gasteiger partial charge is 0.336 e. The monoisotopic (exact) mass is 459 g/mol. The highest BCUT2D eigenvalue weighted by molar-refractivity contribution is 5.93. The van der Waals surface area contributed by atoms with E-state index in [2.05, 4.69) is 57.9 Å². The van der Waals surface area contributed by atoms with E-state index in [1.54, 1.807) is 6.20 Å². The molecule has 1 saturated carbocycles. The average molecular weight is 460 g/mol. The summed E-state index contributed by atoms with van der Waals surface area (Å²) in [5.41, 5.74) is 13.1. The highest BCUT2D eigenvalue weighted by atomic mass is 15.4. The third-order valence-corrected chi connectivity index (χ3v) is 7.08. The quantitative estimate of drug-likeness (QED) is 0.389. The fourth-order valence-corrected chi connectivity index (χ4v) is 4.94. The van der Waals surface area contributed by atoms with Gasteiger partial charge in [0.15, 0.2) is 5.69 Å². The van der Waals surface area contributed by atoms with E-state index in [4.69, 9.17) is 15.8 Å². The summed E-state index contributed by atoms with van der Waals surface area (Å²) in [5, 5.41) is 17.0. The summed E-state index contributed by atoms with van der Waals surface area (Å²) in [6.07, 6.45) is 8.82. The number of hydrogen-bond acceptors (Lipinski definition) is 5. The van der Waals surface area contributed by atoms with Gasteiger partial charge in [-0.2, -0.15) is 14.7 Å². The molecule has 170 valence electrons. The van der Waals surface area contributed by atoms with Gasteiger partial charge in [-0.1, -0.05) is 47.1 Å². The summed E-state index contributed by atoms with van der Waals surface area (Å²) in [4.78, 5) is 4.77. The SMILES string of the molecule is NC1(c2ccc(-n3nc(-c4cn[nH]n4)[n+]4ccc5ncc(-c6ccccc6)cc5c34)cc2)CCC1. The van der Waals surface area contributed by atoms with Crippen molar-refractivity contribution >= 4 is 16.6 Å². The van der Waals surface area contributed by atoms with Crippen LogP contribution in [-0.2, 0) is 5.54 Å². The molecule has 1 aliphatic carbocycles. The summed E-state index contributed by atoms with van der Waals surface area (Å²) in [5.74, 6) is 0.694. The van der Waals surface area contributed by atoms with Crippen molar-refractivity contribution in [1.29, 1.82) is 0 Å².